The molecule has 1 amide bonds. The third-order valence-corrected chi connectivity index (χ3v) is 3.10. The lowest BCUT2D eigenvalue weighted by molar-refractivity contribution is -0.121. The molecular weight excluding hydrogens is 264 g/mol. The van der Waals surface area contributed by atoms with E-state index >= 15 is 0 Å². The zero-order chi connectivity index (χ0) is 15.3. The van der Waals surface area contributed by atoms with Gasteiger partial charge in [-0.1, -0.05) is 13.8 Å². The number of carbonyl (C=O) groups is 1. The minimum Gasteiger partial charge on any atom is -0.376 e. The summed E-state index contributed by atoms with van der Waals surface area (Å²) in [5.41, 5.74) is -0.813. The first-order valence-corrected chi connectivity index (χ1v) is 6.19. The lowest BCUT2D eigenvalue weighted by Crippen LogP contribution is -2.50. The Morgan fingerprint density at radius 3 is 2.35 bits per heavy atom. The first-order chi connectivity index (χ1) is 9.26. The standard InChI is InChI=1S/C14H17F2N3O/c1-9(2)14(3,8-17)19-13(20)7-18-12-5-10(15)4-11(16)6-12/h4-6,9,18H,7H2,1-3H3,(H,19,20)/t14-/m1/s1. The van der Waals surface area contributed by atoms with Crippen molar-refractivity contribution in [3.63, 3.8) is 0 Å². The maximum absolute atomic E-state index is 13.0. The van der Waals surface area contributed by atoms with Gasteiger partial charge in [-0.2, -0.15) is 5.26 Å². The van der Waals surface area contributed by atoms with E-state index in [9.17, 15) is 13.6 Å². The van der Waals surface area contributed by atoms with Crippen LogP contribution in [0.2, 0.25) is 0 Å². The van der Waals surface area contributed by atoms with E-state index in [1.165, 1.54) is 0 Å². The van der Waals surface area contributed by atoms with E-state index in [2.05, 4.69) is 10.6 Å². The Hall–Kier alpha value is -2.16. The summed E-state index contributed by atoms with van der Waals surface area (Å²) in [4.78, 5) is 11.8. The molecule has 0 fully saturated rings. The molecule has 0 spiro atoms. The summed E-state index contributed by atoms with van der Waals surface area (Å²) in [5.74, 6) is -1.94. The molecule has 0 unspecified atom stereocenters. The van der Waals surface area contributed by atoms with Gasteiger partial charge in [0.1, 0.15) is 17.2 Å². The molecule has 1 aromatic rings. The lowest BCUT2D eigenvalue weighted by Gasteiger charge is -2.27. The molecule has 6 heteroatoms. The van der Waals surface area contributed by atoms with Gasteiger partial charge < -0.3 is 10.6 Å². The van der Waals surface area contributed by atoms with Crippen LogP contribution in [0.1, 0.15) is 20.8 Å². The summed E-state index contributed by atoms with van der Waals surface area (Å²) in [6, 6.07) is 4.96. The molecule has 1 aromatic carbocycles. The highest BCUT2D eigenvalue weighted by Crippen LogP contribution is 2.15. The molecule has 0 aliphatic carbocycles. The Morgan fingerprint density at radius 1 is 1.35 bits per heavy atom. The first kappa shape index (κ1) is 15.9. The van der Waals surface area contributed by atoms with Crippen LogP contribution < -0.4 is 10.6 Å². The fraction of sp³-hybridized carbons (Fsp3) is 0.429. The predicted octanol–water partition coefficient (Wildman–Crippen LogP) is 2.43. The second-order valence-corrected chi connectivity index (χ2v) is 5.03. The third kappa shape index (κ3) is 4.19. The molecule has 2 N–H and O–H groups in total. The molecule has 0 aliphatic rings. The van der Waals surface area contributed by atoms with Gasteiger partial charge in [-0.05, 0) is 25.0 Å². The highest BCUT2D eigenvalue weighted by atomic mass is 19.1. The Labute approximate surface area is 116 Å². The SMILES string of the molecule is CC(C)[C@@](C)(C#N)NC(=O)CNc1cc(F)cc(F)c1. The first-order valence-electron chi connectivity index (χ1n) is 6.19. The molecule has 108 valence electrons. The summed E-state index contributed by atoms with van der Waals surface area (Å²) in [6.45, 7) is 5.09. The average molecular weight is 281 g/mol. The van der Waals surface area contributed by atoms with Gasteiger partial charge in [0.2, 0.25) is 5.91 Å². The highest BCUT2D eigenvalue weighted by Gasteiger charge is 2.29. The second kappa shape index (κ2) is 6.33. The van der Waals surface area contributed by atoms with Crippen molar-refractivity contribution in [3.8, 4) is 6.07 Å². The van der Waals surface area contributed by atoms with Crippen LogP contribution in [0.3, 0.4) is 0 Å². The molecule has 4 nitrogen and oxygen atoms in total. The van der Waals surface area contributed by atoms with Gasteiger partial charge in [0, 0.05) is 11.8 Å². The quantitative estimate of drug-likeness (QED) is 0.871. The maximum atomic E-state index is 13.0. The highest BCUT2D eigenvalue weighted by molar-refractivity contribution is 5.81. The molecule has 0 radical (unpaired) electrons. The van der Waals surface area contributed by atoms with E-state index in [1.807, 2.05) is 19.9 Å². The molecule has 0 saturated heterocycles. The van der Waals surface area contributed by atoms with E-state index in [4.69, 9.17) is 5.26 Å². The van der Waals surface area contributed by atoms with Crippen LogP contribution in [0.15, 0.2) is 18.2 Å². The summed E-state index contributed by atoms with van der Waals surface area (Å²) in [5, 5.41) is 14.3. The van der Waals surface area contributed by atoms with Crippen LogP contribution in [-0.4, -0.2) is 18.0 Å². The van der Waals surface area contributed by atoms with Crippen molar-refractivity contribution in [2.45, 2.75) is 26.3 Å². The van der Waals surface area contributed by atoms with Gasteiger partial charge in [-0.25, -0.2) is 8.78 Å². The predicted molar refractivity (Wildman–Crippen MR) is 71.8 cm³/mol. The largest absolute Gasteiger partial charge is 0.376 e. The van der Waals surface area contributed by atoms with E-state index in [0.717, 1.165) is 18.2 Å². The monoisotopic (exact) mass is 281 g/mol. The zero-order valence-electron chi connectivity index (χ0n) is 11.6. The molecule has 1 atom stereocenters. The molecule has 0 heterocycles. The normalized spacial score (nSPS) is 13.4. The van der Waals surface area contributed by atoms with Crippen molar-refractivity contribution in [3.05, 3.63) is 29.8 Å². The molecule has 1 rings (SSSR count). The third-order valence-electron chi connectivity index (χ3n) is 3.10. The van der Waals surface area contributed by atoms with Crippen molar-refractivity contribution in [2.24, 2.45) is 5.92 Å². The topological polar surface area (TPSA) is 64.9 Å². The lowest BCUT2D eigenvalue weighted by atomic mass is 9.90. The van der Waals surface area contributed by atoms with Crippen LogP contribution in [0.4, 0.5) is 14.5 Å². The fourth-order valence-corrected chi connectivity index (χ4v) is 1.47. The fourth-order valence-electron chi connectivity index (χ4n) is 1.47. The number of amides is 1. The summed E-state index contributed by atoms with van der Waals surface area (Å²) >= 11 is 0. The van der Waals surface area contributed by atoms with E-state index in [0.29, 0.717) is 0 Å². The molecule has 0 aliphatic heterocycles. The number of anilines is 1. The smallest absolute Gasteiger partial charge is 0.240 e. The maximum Gasteiger partial charge on any atom is 0.240 e. The minimum absolute atomic E-state index is 0.0666. The van der Waals surface area contributed by atoms with Crippen LogP contribution in [-0.2, 0) is 4.79 Å². The number of nitrogens with zero attached hydrogens (tertiary/aromatic N) is 1. The van der Waals surface area contributed by atoms with Crippen molar-refractivity contribution < 1.29 is 13.6 Å². The van der Waals surface area contributed by atoms with E-state index in [1.54, 1.807) is 6.92 Å². The number of hydrogen-bond donors (Lipinski definition) is 2. The number of benzene rings is 1. The Morgan fingerprint density at radius 2 is 1.90 bits per heavy atom. The van der Waals surface area contributed by atoms with Crippen LogP contribution >= 0.6 is 0 Å². The number of nitriles is 1. The minimum atomic E-state index is -0.980. The van der Waals surface area contributed by atoms with Crippen LogP contribution in [0.25, 0.3) is 0 Å². The van der Waals surface area contributed by atoms with Gasteiger partial charge in [0.05, 0.1) is 12.6 Å². The number of nitrogens with one attached hydrogen (secondary N) is 2. The van der Waals surface area contributed by atoms with Gasteiger partial charge >= 0.3 is 0 Å². The second-order valence-electron chi connectivity index (χ2n) is 5.03. The molecule has 0 aromatic heterocycles. The number of halogens is 2. The average Bonchev–Trinajstić information content (AvgIpc) is 2.35. The van der Waals surface area contributed by atoms with Gasteiger partial charge in [0.15, 0.2) is 0 Å². The van der Waals surface area contributed by atoms with Crippen LogP contribution in [0.5, 0.6) is 0 Å². The van der Waals surface area contributed by atoms with E-state index < -0.39 is 23.1 Å². The zero-order valence-corrected chi connectivity index (χ0v) is 11.6. The molecular formula is C14H17F2N3O. The molecule has 0 saturated carbocycles. The van der Waals surface area contributed by atoms with Gasteiger partial charge in [-0.15, -0.1) is 0 Å². The summed E-state index contributed by atoms with van der Waals surface area (Å²) < 4.78 is 25.9. The van der Waals surface area contributed by atoms with Crippen LogP contribution in [0, 0.1) is 28.9 Å². The summed E-state index contributed by atoms with van der Waals surface area (Å²) in [6.07, 6.45) is 0. The molecule has 0 bridgehead atoms. The van der Waals surface area contributed by atoms with Gasteiger partial charge in [0.25, 0.3) is 0 Å². The Bertz CT molecular complexity index is 519. The molecule has 20 heavy (non-hydrogen) atoms. The van der Waals surface area contributed by atoms with Crippen molar-refractivity contribution in [1.29, 1.82) is 5.26 Å². The summed E-state index contributed by atoms with van der Waals surface area (Å²) in [7, 11) is 0. The van der Waals surface area contributed by atoms with Crippen molar-refractivity contribution in [1.82, 2.24) is 5.32 Å². The Kier molecular flexibility index (Phi) is 5.03. The van der Waals surface area contributed by atoms with Crippen molar-refractivity contribution >= 4 is 11.6 Å². The van der Waals surface area contributed by atoms with E-state index in [-0.39, 0.29) is 18.2 Å². The Balaban J connectivity index is 2.62. The van der Waals surface area contributed by atoms with Gasteiger partial charge in [-0.3, -0.25) is 4.79 Å². The number of carbonyl (C=O) groups excluding carboxylic acids is 1. The number of hydrogen-bond acceptors (Lipinski definition) is 3. The van der Waals surface area contributed by atoms with Crippen molar-refractivity contribution in [2.75, 3.05) is 11.9 Å². The number of rotatable bonds is 5.